The maximum Gasteiger partial charge on any atom is 0.322 e. The number of benzene rings is 2. The Kier molecular flexibility index (Phi) is 13.7. The van der Waals surface area contributed by atoms with E-state index in [1.807, 2.05) is 44.2 Å². The number of fused-ring (bicyclic) bond motifs is 1. The summed E-state index contributed by atoms with van der Waals surface area (Å²) in [6.45, 7) is 6.37. The van der Waals surface area contributed by atoms with Gasteiger partial charge >= 0.3 is 5.97 Å². The predicted molar refractivity (Wildman–Crippen MR) is 188 cm³/mol. The molecule has 6 N–H and O–H groups in total. The molecule has 1 saturated heterocycles. The first-order chi connectivity index (χ1) is 24.3. The number of carboxylic acids is 1. The summed E-state index contributed by atoms with van der Waals surface area (Å²) in [6.07, 6.45) is 0.765. The maximum absolute atomic E-state index is 13.7. The summed E-state index contributed by atoms with van der Waals surface area (Å²) in [7, 11) is 1.41. The van der Waals surface area contributed by atoms with Crippen LogP contribution in [0.1, 0.15) is 48.2 Å². The number of morpholine rings is 1. The second kappa shape index (κ2) is 18.1. The van der Waals surface area contributed by atoms with E-state index in [4.69, 9.17) is 9.84 Å². The minimum atomic E-state index is -1.32. The Balaban J connectivity index is 1.50. The molecule has 1 aliphatic heterocycles. The average Bonchev–Trinajstić information content (AvgIpc) is 3.11. The highest BCUT2D eigenvalue weighted by molar-refractivity contribution is 6.03. The average molecular weight is 707 g/mol. The Hall–Kier alpha value is -5.28. The first kappa shape index (κ1) is 38.5. The third kappa shape index (κ3) is 10.9. The monoisotopic (exact) mass is 706 g/mol. The van der Waals surface area contributed by atoms with E-state index in [1.54, 1.807) is 12.1 Å². The van der Waals surface area contributed by atoms with Crippen LogP contribution in [-0.4, -0.2) is 101 Å². The van der Waals surface area contributed by atoms with Gasteiger partial charge < -0.3 is 40.8 Å². The quantitative estimate of drug-likeness (QED) is 0.123. The molecule has 0 radical (unpaired) electrons. The third-order valence-electron chi connectivity index (χ3n) is 8.56. The van der Waals surface area contributed by atoms with Gasteiger partial charge in [0.25, 0.3) is 11.5 Å². The van der Waals surface area contributed by atoms with Gasteiger partial charge in [-0.15, -0.1) is 0 Å². The van der Waals surface area contributed by atoms with Crippen molar-refractivity contribution in [3.63, 3.8) is 0 Å². The van der Waals surface area contributed by atoms with Crippen molar-refractivity contribution in [2.45, 2.75) is 51.7 Å². The maximum atomic E-state index is 13.7. The standard InChI is InChI=1S/C36H46N6O9/c1-22(2)17-26(39-29(43)11-12-42-13-15-51-16-14-42)34(48)40-27(19-23-7-5-4-6-8-23)33(47)37-20-24-9-10-28-25(18-24)32(46)31(36(50)41(28)3)35(49)38-21-30(44)45/h4-10,18,22,26-27,46H,11-17,19-21H2,1-3H3,(H,37,47)(H,38,49)(H,39,43)(H,40,48)(H,44,45)/t26-,27+/m0/s1. The molecule has 15 heteroatoms. The van der Waals surface area contributed by atoms with Gasteiger partial charge in [-0.2, -0.15) is 0 Å². The lowest BCUT2D eigenvalue weighted by Gasteiger charge is -2.27. The molecule has 4 amide bonds. The van der Waals surface area contributed by atoms with Crippen molar-refractivity contribution in [1.29, 1.82) is 0 Å². The second-order valence-electron chi connectivity index (χ2n) is 12.9. The molecule has 3 aromatic rings. The summed E-state index contributed by atoms with van der Waals surface area (Å²) >= 11 is 0. The number of hydrogen-bond acceptors (Lipinski definition) is 9. The van der Waals surface area contributed by atoms with Gasteiger partial charge in [-0.3, -0.25) is 33.7 Å². The number of hydrogen-bond donors (Lipinski definition) is 6. The van der Waals surface area contributed by atoms with Crippen LogP contribution in [-0.2, 0) is 43.9 Å². The Labute approximate surface area is 295 Å². The molecule has 0 bridgehead atoms. The number of pyridine rings is 1. The lowest BCUT2D eigenvalue weighted by molar-refractivity contribution is -0.135. The van der Waals surface area contributed by atoms with Crippen LogP contribution in [0.3, 0.4) is 0 Å². The zero-order chi connectivity index (χ0) is 37.1. The van der Waals surface area contributed by atoms with Crippen molar-refractivity contribution in [2.24, 2.45) is 13.0 Å². The van der Waals surface area contributed by atoms with E-state index in [1.165, 1.54) is 13.1 Å². The first-order valence-electron chi connectivity index (χ1n) is 16.9. The van der Waals surface area contributed by atoms with Gasteiger partial charge in [0.1, 0.15) is 29.9 Å². The van der Waals surface area contributed by atoms with Gasteiger partial charge in [0, 0.05) is 51.5 Å². The zero-order valence-corrected chi connectivity index (χ0v) is 29.1. The van der Waals surface area contributed by atoms with E-state index < -0.39 is 59.2 Å². The van der Waals surface area contributed by atoms with E-state index in [-0.39, 0.29) is 36.6 Å². The molecule has 0 aliphatic carbocycles. The van der Waals surface area contributed by atoms with Crippen LogP contribution in [0.25, 0.3) is 10.9 Å². The molecule has 2 aromatic carbocycles. The SMILES string of the molecule is CC(C)C[C@H](NC(=O)CCN1CCOCC1)C(=O)N[C@H](Cc1ccccc1)C(=O)NCc1ccc2c(c1)c(O)c(C(=O)NCC(=O)O)c(=O)n2C. The zero-order valence-electron chi connectivity index (χ0n) is 29.1. The number of nitrogens with one attached hydrogen (secondary N) is 4. The molecule has 2 heterocycles. The number of aromatic nitrogens is 1. The summed E-state index contributed by atoms with van der Waals surface area (Å²) in [6, 6.07) is 12.0. The van der Waals surface area contributed by atoms with Gasteiger partial charge in [-0.25, -0.2) is 0 Å². The fraction of sp³-hybridized carbons (Fsp3) is 0.444. The number of carbonyl (C=O) groups is 5. The van der Waals surface area contributed by atoms with Gasteiger partial charge in [-0.05, 0) is 35.6 Å². The molecule has 1 aliphatic rings. The summed E-state index contributed by atoms with van der Waals surface area (Å²) in [5.41, 5.74) is 0.198. The van der Waals surface area contributed by atoms with Gasteiger partial charge in [0.15, 0.2) is 0 Å². The molecule has 0 spiro atoms. The van der Waals surface area contributed by atoms with Crippen LogP contribution in [0.4, 0.5) is 0 Å². The molecule has 0 unspecified atom stereocenters. The van der Waals surface area contributed by atoms with Crippen molar-refractivity contribution in [2.75, 3.05) is 39.4 Å². The number of aromatic hydroxyl groups is 1. The fourth-order valence-electron chi connectivity index (χ4n) is 5.83. The lowest BCUT2D eigenvalue weighted by Crippen LogP contribution is -2.54. The molecule has 4 rings (SSSR count). The highest BCUT2D eigenvalue weighted by Gasteiger charge is 2.28. The van der Waals surface area contributed by atoms with Crippen LogP contribution in [0.5, 0.6) is 5.75 Å². The molecule has 2 atom stereocenters. The van der Waals surface area contributed by atoms with E-state index >= 15 is 0 Å². The van der Waals surface area contributed by atoms with Crippen LogP contribution >= 0.6 is 0 Å². The van der Waals surface area contributed by atoms with Crippen LogP contribution in [0, 0.1) is 5.92 Å². The number of aliphatic carboxylic acids is 1. The molecule has 0 saturated carbocycles. The number of amides is 4. The minimum absolute atomic E-state index is 0.0353. The molecule has 51 heavy (non-hydrogen) atoms. The normalized spacial score (nSPS) is 14.4. The van der Waals surface area contributed by atoms with E-state index in [2.05, 4.69) is 26.2 Å². The molecular weight excluding hydrogens is 660 g/mol. The van der Waals surface area contributed by atoms with Gasteiger partial charge in [0.2, 0.25) is 17.7 Å². The topological polar surface area (TPSA) is 208 Å². The Morgan fingerprint density at radius 3 is 2.27 bits per heavy atom. The molecular formula is C36H46N6O9. The highest BCUT2D eigenvalue weighted by atomic mass is 16.5. The van der Waals surface area contributed by atoms with E-state index in [9.17, 15) is 33.9 Å². The molecule has 1 fully saturated rings. The van der Waals surface area contributed by atoms with Crippen molar-refractivity contribution in [3.8, 4) is 5.75 Å². The predicted octanol–water partition coefficient (Wildman–Crippen LogP) is 0.655. The van der Waals surface area contributed by atoms with Crippen LogP contribution in [0.15, 0.2) is 53.3 Å². The number of carboxylic acid groups (broad SMARTS) is 1. The van der Waals surface area contributed by atoms with Crippen LogP contribution < -0.4 is 26.8 Å². The Bertz CT molecular complexity index is 1790. The Morgan fingerprint density at radius 1 is 0.902 bits per heavy atom. The molecule has 1 aromatic heterocycles. The number of nitrogens with zero attached hydrogens (tertiary/aromatic N) is 2. The van der Waals surface area contributed by atoms with E-state index in [0.29, 0.717) is 37.3 Å². The summed E-state index contributed by atoms with van der Waals surface area (Å²) < 4.78 is 6.53. The number of ether oxygens (including phenoxy) is 1. The summed E-state index contributed by atoms with van der Waals surface area (Å²) in [4.78, 5) is 78.7. The number of carbonyl (C=O) groups excluding carboxylic acids is 4. The minimum Gasteiger partial charge on any atom is -0.506 e. The lowest BCUT2D eigenvalue weighted by atomic mass is 10.0. The van der Waals surface area contributed by atoms with Crippen molar-refractivity contribution >= 4 is 40.5 Å². The van der Waals surface area contributed by atoms with Crippen LogP contribution in [0.2, 0.25) is 0 Å². The van der Waals surface area contributed by atoms with Gasteiger partial charge in [-0.1, -0.05) is 50.2 Å². The molecule has 274 valence electrons. The number of rotatable bonds is 16. The van der Waals surface area contributed by atoms with Crippen molar-refractivity contribution in [3.05, 3.63) is 75.6 Å². The molecule has 15 nitrogen and oxygen atoms in total. The van der Waals surface area contributed by atoms with Gasteiger partial charge in [0.05, 0.1) is 18.7 Å². The second-order valence-corrected chi connectivity index (χ2v) is 12.9. The fourth-order valence-corrected chi connectivity index (χ4v) is 5.83. The Morgan fingerprint density at radius 2 is 1.61 bits per heavy atom. The third-order valence-corrected chi connectivity index (χ3v) is 8.56. The number of aryl methyl sites for hydroxylation is 1. The van der Waals surface area contributed by atoms with Crippen molar-refractivity contribution < 1.29 is 38.9 Å². The van der Waals surface area contributed by atoms with Crippen molar-refractivity contribution in [1.82, 2.24) is 30.7 Å². The highest BCUT2D eigenvalue weighted by Crippen LogP contribution is 2.27. The van der Waals surface area contributed by atoms with E-state index in [0.717, 1.165) is 23.2 Å². The first-order valence-corrected chi connectivity index (χ1v) is 16.9. The summed E-state index contributed by atoms with van der Waals surface area (Å²) in [5, 5.41) is 30.6. The smallest absolute Gasteiger partial charge is 0.322 e. The summed E-state index contributed by atoms with van der Waals surface area (Å²) in [5.74, 6) is -4.14. The largest absolute Gasteiger partial charge is 0.506 e.